The van der Waals surface area contributed by atoms with E-state index in [1.54, 1.807) is 18.2 Å². The summed E-state index contributed by atoms with van der Waals surface area (Å²) in [5.74, 6) is 0.353. The zero-order valence-electron chi connectivity index (χ0n) is 11.0. The molecule has 1 aliphatic rings. The van der Waals surface area contributed by atoms with Crippen LogP contribution in [0.25, 0.3) is 0 Å². The molecule has 0 aliphatic heterocycles. The summed E-state index contributed by atoms with van der Waals surface area (Å²) in [4.78, 5) is 0. The number of nitrogens with zero attached hydrogens (tertiary/aromatic N) is 1. The summed E-state index contributed by atoms with van der Waals surface area (Å²) in [5.41, 5.74) is 2.54. The SMILES string of the molecule is N#CC(Nc1ccccc1F)c1ccc(C2CC2)cc1. The van der Waals surface area contributed by atoms with E-state index in [1.807, 2.05) is 12.1 Å². The van der Waals surface area contributed by atoms with E-state index in [0.717, 1.165) is 5.56 Å². The van der Waals surface area contributed by atoms with Crippen LogP contribution in [0.4, 0.5) is 10.1 Å². The van der Waals surface area contributed by atoms with Crippen molar-refractivity contribution in [2.75, 3.05) is 5.32 Å². The Morgan fingerprint density at radius 2 is 1.80 bits per heavy atom. The second kappa shape index (κ2) is 5.34. The van der Waals surface area contributed by atoms with Gasteiger partial charge >= 0.3 is 0 Å². The van der Waals surface area contributed by atoms with E-state index in [-0.39, 0.29) is 5.82 Å². The molecule has 1 fully saturated rings. The lowest BCUT2D eigenvalue weighted by molar-refractivity contribution is 0.629. The zero-order valence-corrected chi connectivity index (χ0v) is 11.0. The average Bonchev–Trinajstić information content (AvgIpc) is 3.31. The van der Waals surface area contributed by atoms with Gasteiger partial charge in [0.25, 0.3) is 0 Å². The predicted octanol–water partition coefficient (Wildman–Crippen LogP) is 4.38. The molecule has 0 spiro atoms. The number of hydrogen-bond donors (Lipinski definition) is 1. The summed E-state index contributed by atoms with van der Waals surface area (Å²) < 4.78 is 13.6. The normalized spacial score (nSPS) is 15.4. The number of para-hydroxylation sites is 1. The highest BCUT2D eigenvalue weighted by Gasteiger charge is 2.23. The number of anilines is 1. The highest BCUT2D eigenvalue weighted by Crippen LogP contribution is 2.40. The van der Waals surface area contributed by atoms with Crippen LogP contribution < -0.4 is 5.32 Å². The molecule has 2 aromatic rings. The van der Waals surface area contributed by atoms with Crippen LogP contribution >= 0.6 is 0 Å². The number of halogens is 1. The average molecular weight is 266 g/mol. The molecule has 0 aromatic heterocycles. The van der Waals surface area contributed by atoms with Gasteiger partial charge in [-0.2, -0.15) is 5.26 Å². The Morgan fingerprint density at radius 3 is 2.40 bits per heavy atom. The van der Waals surface area contributed by atoms with Crippen molar-refractivity contribution in [3.8, 4) is 6.07 Å². The maximum atomic E-state index is 13.6. The van der Waals surface area contributed by atoms with E-state index in [1.165, 1.54) is 24.5 Å². The van der Waals surface area contributed by atoms with Crippen molar-refractivity contribution in [1.29, 1.82) is 5.26 Å². The van der Waals surface area contributed by atoms with Crippen LogP contribution in [-0.2, 0) is 0 Å². The van der Waals surface area contributed by atoms with Gasteiger partial charge in [0, 0.05) is 0 Å². The molecule has 0 amide bonds. The molecule has 0 radical (unpaired) electrons. The second-order valence-electron chi connectivity index (χ2n) is 5.13. The van der Waals surface area contributed by atoms with Crippen molar-refractivity contribution in [3.05, 3.63) is 65.5 Å². The maximum Gasteiger partial charge on any atom is 0.146 e. The topological polar surface area (TPSA) is 35.8 Å². The third-order valence-corrected chi connectivity index (χ3v) is 3.62. The molecular weight excluding hydrogens is 251 g/mol. The molecule has 1 saturated carbocycles. The first-order valence-electron chi connectivity index (χ1n) is 6.78. The van der Waals surface area contributed by atoms with Crippen molar-refractivity contribution in [1.82, 2.24) is 0 Å². The van der Waals surface area contributed by atoms with Gasteiger partial charge in [-0.1, -0.05) is 36.4 Å². The monoisotopic (exact) mass is 266 g/mol. The molecule has 1 N–H and O–H groups in total. The van der Waals surface area contributed by atoms with Crippen LogP contribution in [0.5, 0.6) is 0 Å². The molecule has 1 atom stereocenters. The van der Waals surface area contributed by atoms with Gasteiger partial charge in [-0.3, -0.25) is 0 Å². The molecule has 3 rings (SSSR count). The third kappa shape index (κ3) is 2.65. The highest BCUT2D eigenvalue weighted by atomic mass is 19.1. The smallest absolute Gasteiger partial charge is 0.146 e. The zero-order chi connectivity index (χ0) is 13.9. The molecule has 0 saturated heterocycles. The minimum atomic E-state index is -0.542. The fourth-order valence-electron chi connectivity index (χ4n) is 2.30. The molecular formula is C17H15FN2. The van der Waals surface area contributed by atoms with Crippen LogP contribution in [0, 0.1) is 17.1 Å². The van der Waals surface area contributed by atoms with E-state index in [0.29, 0.717) is 11.6 Å². The largest absolute Gasteiger partial charge is 0.364 e. The van der Waals surface area contributed by atoms with E-state index < -0.39 is 6.04 Å². The van der Waals surface area contributed by atoms with Gasteiger partial charge in [-0.25, -0.2) is 4.39 Å². The lowest BCUT2D eigenvalue weighted by atomic mass is 10.0. The number of hydrogen-bond acceptors (Lipinski definition) is 2. The summed E-state index contributed by atoms with van der Waals surface area (Å²) >= 11 is 0. The van der Waals surface area contributed by atoms with E-state index in [9.17, 15) is 9.65 Å². The Labute approximate surface area is 117 Å². The van der Waals surface area contributed by atoms with Gasteiger partial charge < -0.3 is 5.32 Å². The first kappa shape index (κ1) is 12.7. The lowest BCUT2D eigenvalue weighted by Crippen LogP contribution is -2.09. The standard InChI is InChI=1S/C17H15FN2/c18-15-3-1-2-4-16(15)20-17(11-19)14-9-7-13(8-10-14)12-5-6-12/h1-4,7-10,12,17,20H,5-6H2. The molecule has 100 valence electrons. The third-order valence-electron chi connectivity index (χ3n) is 3.62. The van der Waals surface area contributed by atoms with E-state index in [4.69, 9.17) is 0 Å². The van der Waals surface area contributed by atoms with Gasteiger partial charge in [0.05, 0.1) is 11.8 Å². The second-order valence-corrected chi connectivity index (χ2v) is 5.13. The van der Waals surface area contributed by atoms with Gasteiger partial charge in [0.15, 0.2) is 0 Å². The minimum Gasteiger partial charge on any atom is -0.364 e. The summed E-state index contributed by atoms with van der Waals surface area (Å²) in [6, 6.07) is 16.1. The number of benzene rings is 2. The summed E-state index contributed by atoms with van der Waals surface area (Å²) in [6.45, 7) is 0. The van der Waals surface area contributed by atoms with Gasteiger partial charge in [-0.05, 0) is 42.0 Å². The van der Waals surface area contributed by atoms with Crippen molar-refractivity contribution < 1.29 is 4.39 Å². The van der Waals surface area contributed by atoms with Crippen LogP contribution in [0.2, 0.25) is 0 Å². The molecule has 20 heavy (non-hydrogen) atoms. The van der Waals surface area contributed by atoms with Crippen LogP contribution in [0.3, 0.4) is 0 Å². The predicted molar refractivity (Wildman–Crippen MR) is 76.8 cm³/mol. The minimum absolute atomic E-state index is 0.345. The molecule has 3 heteroatoms. The Bertz CT molecular complexity index is 639. The van der Waals surface area contributed by atoms with Crippen LogP contribution in [-0.4, -0.2) is 0 Å². The molecule has 0 heterocycles. The molecule has 1 aliphatic carbocycles. The van der Waals surface area contributed by atoms with Gasteiger partial charge in [0.1, 0.15) is 11.9 Å². The molecule has 0 bridgehead atoms. The fraction of sp³-hybridized carbons (Fsp3) is 0.235. The van der Waals surface area contributed by atoms with Crippen LogP contribution in [0.15, 0.2) is 48.5 Å². The van der Waals surface area contributed by atoms with Crippen molar-refractivity contribution in [3.63, 3.8) is 0 Å². The molecule has 2 aromatic carbocycles. The summed E-state index contributed by atoms with van der Waals surface area (Å²) in [5, 5.41) is 12.2. The highest BCUT2D eigenvalue weighted by molar-refractivity contribution is 5.48. The Balaban J connectivity index is 1.79. The maximum absolute atomic E-state index is 13.6. The van der Waals surface area contributed by atoms with Gasteiger partial charge in [0.2, 0.25) is 0 Å². The Hall–Kier alpha value is -2.34. The first-order chi connectivity index (χ1) is 9.78. The Morgan fingerprint density at radius 1 is 1.10 bits per heavy atom. The first-order valence-corrected chi connectivity index (χ1v) is 6.78. The van der Waals surface area contributed by atoms with Crippen molar-refractivity contribution in [2.45, 2.75) is 24.8 Å². The van der Waals surface area contributed by atoms with E-state index in [2.05, 4.69) is 23.5 Å². The van der Waals surface area contributed by atoms with Crippen molar-refractivity contribution in [2.24, 2.45) is 0 Å². The number of nitrogens with one attached hydrogen (secondary N) is 1. The molecule has 1 unspecified atom stereocenters. The molecule has 2 nitrogen and oxygen atoms in total. The van der Waals surface area contributed by atoms with E-state index >= 15 is 0 Å². The quantitative estimate of drug-likeness (QED) is 0.891. The van der Waals surface area contributed by atoms with Crippen LogP contribution in [0.1, 0.15) is 35.9 Å². The lowest BCUT2D eigenvalue weighted by Gasteiger charge is -2.14. The number of rotatable bonds is 4. The number of nitriles is 1. The Kier molecular flexibility index (Phi) is 3.39. The fourth-order valence-corrected chi connectivity index (χ4v) is 2.30. The summed E-state index contributed by atoms with van der Waals surface area (Å²) in [7, 11) is 0. The summed E-state index contributed by atoms with van der Waals surface area (Å²) in [6.07, 6.45) is 2.52. The van der Waals surface area contributed by atoms with Crippen molar-refractivity contribution >= 4 is 5.69 Å². The van der Waals surface area contributed by atoms with Gasteiger partial charge in [-0.15, -0.1) is 0 Å².